The molecule has 0 aliphatic carbocycles. The lowest BCUT2D eigenvalue weighted by Crippen LogP contribution is -2.45. The fourth-order valence-electron chi connectivity index (χ4n) is 3.88. The van der Waals surface area contributed by atoms with Gasteiger partial charge in [-0.15, -0.1) is 21.5 Å². The van der Waals surface area contributed by atoms with Crippen molar-refractivity contribution in [2.24, 2.45) is 7.05 Å². The van der Waals surface area contributed by atoms with Gasteiger partial charge >= 0.3 is 0 Å². The van der Waals surface area contributed by atoms with Crippen molar-refractivity contribution in [3.8, 4) is 11.4 Å². The number of rotatable bonds is 7. The number of fused-ring (bicyclic) bond motifs is 1. The first-order valence-corrected chi connectivity index (χ1v) is 11.6. The van der Waals surface area contributed by atoms with Crippen molar-refractivity contribution in [2.75, 3.05) is 5.32 Å². The molecule has 3 heterocycles. The molecular formula is C25H22N6O2S. The van der Waals surface area contributed by atoms with E-state index in [0.29, 0.717) is 22.8 Å². The number of H-pyrrole nitrogens is 1. The van der Waals surface area contributed by atoms with E-state index in [2.05, 4.69) is 25.8 Å². The number of hydrogen-bond acceptors (Lipinski definition) is 5. The predicted octanol–water partition coefficient (Wildman–Crippen LogP) is 4.00. The topological polar surface area (TPSA) is 105 Å². The van der Waals surface area contributed by atoms with Gasteiger partial charge in [-0.3, -0.25) is 9.59 Å². The smallest absolute Gasteiger partial charge is 0.262 e. The molecule has 9 heteroatoms. The third-order valence-corrected chi connectivity index (χ3v) is 6.43. The highest BCUT2D eigenvalue weighted by atomic mass is 32.1. The fraction of sp³-hybridized carbons (Fsp3) is 0.120. The van der Waals surface area contributed by atoms with Crippen LogP contribution in [0, 0.1) is 0 Å². The summed E-state index contributed by atoms with van der Waals surface area (Å²) in [6, 6.07) is 18.1. The van der Waals surface area contributed by atoms with E-state index in [1.54, 1.807) is 12.4 Å². The zero-order valence-corrected chi connectivity index (χ0v) is 19.2. The summed E-state index contributed by atoms with van der Waals surface area (Å²) in [7, 11) is 1.86. The Morgan fingerprint density at radius 2 is 2.00 bits per heavy atom. The molecule has 8 nitrogen and oxygen atoms in total. The molecule has 0 fully saturated rings. The number of nitrogens with one attached hydrogen (secondary N) is 3. The van der Waals surface area contributed by atoms with Gasteiger partial charge in [0.1, 0.15) is 12.4 Å². The summed E-state index contributed by atoms with van der Waals surface area (Å²) in [6.45, 7) is 0. The molecule has 0 spiro atoms. The number of para-hydroxylation sites is 1. The summed E-state index contributed by atoms with van der Waals surface area (Å²) in [4.78, 5) is 30.0. The highest BCUT2D eigenvalue weighted by Gasteiger charge is 2.24. The van der Waals surface area contributed by atoms with E-state index in [-0.39, 0.29) is 11.8 Å². The van der Waals surface area contributed by atoms with Crippen molar-refractivity contribution in [3.05, 3.63) is 89.0 Å². The molecule has 2 amide bonds. The van der Waals surface area contributed by atoms with Gasteiger partial charge in [-0.05, 0) is 35.2 Å². The average Bonchev–Trinajstić information content (AvgIpc) is 3.60. The van der Waals surface area contributed by atoms with Crippen LogP contribution in [0.15, 0.2) is 78.6 Å². The van der Waals surface area contributed by atoms with Crippen LogP contribution in [0.5, 0.6) is 0 Å². The number of aryl methyl sites for hydroxylation is 1. The Kier molecular flexibility index (Phi) is 5.92. The maximum atomic E-state index is 13.4. The molecule has 0 radical (unpaired) electrons. The lowest BCUT2D eigenvalue weighted by atomic mass is 10.0. The molecule has 1 unspecified atom stereocenters. The molecule has 3 N–H and O–H groups in total. The Hall–Kier alpha value is -4.24. The minimum Gasteiger partial charge on any atom is -0.361 e. The molecule has 0 saturated carbocycles. The van der Waals surface area contributed by atoms with Crippen molar-refractivity contribution >= 4 is 39.7 Å². The number of nitrogens with zero attached hydrogens (tertiary/aromatic N) is 3. The lowest BCUT2D eigenvalue weighted by molar-refractivity contribution is -0.118. The van der Waals surface area contributed by atoms with Gasteiger partial charge in [0.05, 0.1) is 4.88 Å². The SMILES string of the molecule is Cn1cnnc1-c1cccc(NC(=O)C(Cc2c[nH]c3ccccc23)NC(=O)c2cccs2)c1. The molecular weight excluding hydrogens is 448 g/mol. The van der Waals surface area contributed by atoms with Crippen molar-refractivity contribution in [2.45, 2.75) is 12.5 Å². The van der Waals surface area contributed by atoms with E-state index in [4.69, 9.17) is 0 Å². The number of carbonyl (C=O) groups is 2. The van der Waals surface area contributed by atoms with Gasteiger partial charge in [-0.1, -0.05) is 36.4 Å². The van der Waals surface area contributed by atoms with Crippen LogP contribution in [0.3, 0.4) is 0 Å². The molecule has 0 aliphatic rings. The van der Waals surface area contributed by atoms with Crippen LogP contribution >= 0.6 is 11.3 Å². The van der Waals surface area contributed by atoms with Crippen molar-refractivity contribution < 1.29 is 9.59 Å². The summed E-state index contributed by atoms with van der Waals surface area (Å²) in [5.74, 6) is 0.116. The summed E-state index contributed by atoms with van der Waals surface area (Å²) in [5.41, 5.74) is 3.38. The van der Waals surface area contributed by atoms with Crippen LogP contribution < -0.4 is 10.6 Å². The maximum absolute atomic E-state index is 13.4. The van der Waals surface area contributed by atoms with E-state index in [9.17, 15) is 9.59 Å². The second-order valence-corrected chi connectivity index (χ2v) is 8.85. The molecule has 2 aromatic carbocycles. The van der Waals surface area contributed by atoms with Crippen LogP contribution in [0.25, 0.3) is 22.3 Å². The van der Waals surface area contributed by atoms with Gasteiger partial charge in [0.25, 0.3) is 5.91 Å². The maximum Gasteiger partial charge on any atom is 0.262 e. The summed E-state index contributed by atoms with van der Waals surface area (Å²) < 4.78 is 1.81. The van der Waals surface area contributed by atoms with Crippen LogP contribution in [-0.2, 0) is 18.3 Å². The standard InChI is InChI=1S/C25H22N6O2S/c1-31-15-27-30-23(31)16-6-4-7-18(12-16)28-24(32)21(29-25(33)22-10-5-11-34-22)13-17-14-26-20-9-3-2-8-19(17)20/h2-12,14-15,21,26H,13H2,1H3,(H,28,32)(H,29,33). The molecule has 170 valence electrons. The third kappa shape index (κ3) is 4.46. The van der Waals surface area contributed by atoms with Crippen molar-refractivity contribution in [1.29, 1.82) is 0 Å². The summed E-state index contributed by atoms with van der Waals surface area (Å²) in [6.07, 6.45) is 3.85. The summed E-state index contributed by atoms with van der Waals surface area (Å²) >= 11 is 1.34. The largest absolute Gasteiger partial charge is 0.361 e. The second kappa shape index (κ2) is 9.32. The molecule has 5 aromatic rings. The number of anilines is 1. The Morgan fingerprint density at radius 1 is 1.12 bits per heavy atom. The van der Waals surface area contributed by atoms with Gasteiger partial charge in [0.15, 0.2) is 5.82 Å². The molecule has 5 rings (SSSR count). The van der Waals surface area contributed by atoms with E-state index in [1.807, 2.05) is 77.8 Å². The Balaban J connectivity index is 1.40. The van der Waals surface area contributed by atoms with Crippen molar-refractivity contribution in [3.63, 3.8) is 0 Å². The van der Waals surface area contributed by atoms with E-state index in [0.717, 1.165) is 22.0 Å². The van der Waals surface area contributed by atoms with Crippen LogP contribution in [-0.4, -0.2) is 37.6 Å². The molecule has 1 atom stereocenters. The number of carbonyl (C=O) groups excluding carboxylic acids is 2. The zero-order valence-electron chi connectivity index (χ0n) is 18.4. The second-order valence-electron chi connectivity index (χ2n) is 7.90. The van der Waals surface area contributed by atoms with Gasteiger partial charge in [-0.25, -0.2) is 0 Å². The fourth-order valence-corrected chi connectivity index (χ4v) is 4.50. The van der Waals surface area contributed by atoms with Crippen LogP contribution in [0.1, 0.15) is 15.2 Å². The minimum absolute atomic E-state index is 0.275. The molecule has 0 aliphatic heterocycles. The van der Waals surface area contributed by atoms with Gasteiger partial charge in [0.2, 0.25) is 5.91 Å². The van der Waals surface area contributed by atoms with E-state index < -0.39 is 6.04 Å². The first-order valence-electron chi connectivity index (χ1n) is 10.7. The van der Waals surface area contributed by atoms with Crippen molar-refractivity contribution in [1.82, 2.24) is 25.1 Å². The molecule has 34 heavy (non-hydrogen) atoms. The average molecular weight is 471 g/mol. The molecule has 0 bridgehead atoms. The normalized spacial score (nSPS) is 11.9. The number of amides is 2. The molecule has 3 aromatic heterocycles. The quantitative estimate of drug-likeness (QED) is 0.334. The Morgan fingerprint density at radius 3 is 2.79 bits per heavy atom. The first kappa shape index (κ1) is 21.6. The molecule has 0 saturated heterocycles. The van der Waals surface area contributed by atoms with Gasteiger partial charge < -0.3 is 20.2 Å². The Labute approximate surface area is 199 Å². The zero-order chi connectivity index (χ0) is 23.5. The number of benzene rings is 2. The highest BCUT2D eigenvalue weighted by Crippen LogP contribution is 2.22. The number of aromatic amines is 1. The number of thiophene rings is 1. The van der Waals surface area contributed by atoms with Gasteiger partial charge in [0, 0.05) is 41.8 Å². The minimum atomic E-state index is -0.771. The summed E-state index contributed by atoms with van der Waals surface area (Å²) in [5, 5.41) is 16.8. The Bertz CT molecular complexity index is 1450. The van der Waals surface area contributed by atoms with E-state index in [1.165, 1.54) is 11.3 Å². The lowest BCUT2D eigenvalue weighted by Gasteiger charge is -2.18. The predicted molar refractivity (Wildman–Crippen MR) is 133 cm³/mol. The van der Waals surface area contributed by atoms with Crippen LogP contribution in [0.2, 0.25) is 0 Å². The van der Waals surface area contributed by atoms with Gasteiger partial charge in [-0.2, -0.15) is 0 Å². The monoisotopic (exact) mass is 470 g/mol. The number of hydrogen-bond donors (Lipinski definition) is 3. The first-order chi connectivity index (χ1) is 16.6. The van der Waals surface area contributed by atoms with E-state index >= 15 is 0 Å². The highest BCUT2D eigenvalue weighted by molar-refractivity contribution is 7.12. The third-order valence-electron chi connectivity index (χ3n) is 5.57. The number of aromatic nitrogens is 4. The van der Waals surface area contributed by atoms with Crippen LogP contribution in [0.4, 0.5) is 5.69 Å².